The van der Waals surface area contributed by atoms with Gasteiger partial charge in [-0.15, -0.1) is 0 Å². The maximum atomic E-state index is 12.6. The van der Waals surface area contributed by atoms with E-state index in [2.05, 4.69) is 20.8 Å². The standard InChI is InChI=1S/C12H11BrF3N/c13-10-2-1-9(12(14,15)16)4-11(10)17-5-7-3-8(7)6-17/h1-2,4,7-8H,3,5-6H2/t7-,8?/m1/s1. The molecule has 1 unspecified atom stereocenters. The van der Waals surface area contributed by atoms with Gasteiger partial charge in [-0.2, -0.15) is 13.2 Å². The van der Waals surface area contributed by atoms with Gasteiger partial charge in [-0.3, -0.25) is 0 Å². The molecule has 17 heavy (non-hydrogen) atoms. The van der Waals surface area contributed by atoms with Gasteiger partial charge in [-0.1, -0.05) is 0 Å². The van der Waals surface area contributed by atoms with Gasteiger partial charge in [0.25, 0.3) is 0 Å². The Hall–Kier alpha value is -0.710. The van der Waals surface area contributed by atoms with Gasteiger partial charge >= 0.3 is 6.18 Å². The third-order valence-corrected chi connectivity index (χ3v) is 4.26. The van der Waals surface area contributed by atoms with Crippen LogP contribution in [0.1, 0.15) is 12.0 Å². The Bertz CT molecular complexity index is 448. The number of hydrogen-bond acceptors (Lipinski definition) is 1. The number of hydrogen-bond donors (Lipinski definition) is 0. The second-order valence-corrected chi connectivity index (χ2v) is 5.68. The van der Waals surface area contributed by atoms with Crippen LogP contribution >= 0.6 is 15.9 Å². The summed E-state index contributed by atoms with van der Waals surface area (Å²) < 4.78 is 38.7. The van der Waals surface area contributed by atoms with E-state index in [1.807, 2.05) is 0 Å². The highest BCUT2D eigenvalue weighted by molar-refractivity contribution is 9.10. The summed E-state index contributed by atoms with van der Waals surface area (Å²) >= 11 is 3.33. The molecule has 2 fully saturated rings. The van der Waals surface area contributed by atoms with Crippen LogP contribution in [-0.2, 0) is 6.18 Å². The number of alkyl halides is 3. The van der Waals surface area contributed by atoms with Crippen molar-refractivity contribution in [2.75, 3.05) is 18.0 Å². The number of nitrogens with zero attached hydrogens (tertiary/aromatic N) is 1. The minimum absolute atomic E-state index is 0.573. The highest BCUT2D eigenvalue weighted by Gasteiger charge is 2.45. The number of benzene rings is 1. The molecule has 0 bridgehead atoms. The molecule has 3 rings (SSSR count). The van der Waals surface area contributed by atoms with Gasteiger partial charge in [0.15, 0.2) is 0 Å². The van der Waals surface area contributed by atoms with Gasteiger partial charge in [0, 0.05) is 17.6 Å². The van der Waals surface area contributed by atoms with E-state index >= 15 is 0 Å². The maximum absolute atomic E-state index is 12.6. The number of fused-ring (bicyclic) bond motifs is 1. The Morgan fingerprint density at radius 2 is 1.82 bits per heavy atom. The summed E-state index contributed by atoms with van der Waals surface area (Å²) in [4.78, 5) is 2.05. The van der Waals surface area contributed by atoms with Gasteiger partial charge in [0.2, 0.25) is 0 Å². The lowest BCUT2D eigenvalue weighted by molar-refractivity contribution is -0.137. The van der Waals surface area contributed by atoms with Gasteiger partial charge < -0.3 is 4.90 Å². The zero-order valence-electron chi connectivity index (χ0n) is 8.97. The summed E-state index contributed by atoms with van der Waals surface area (Å²) in [5.74, 6) is 1.41. The Morgan fingerprint density at radius 1 is 1.18 bits per heavy atom. The van der Waals surface area contributed by atoms with E-state index in [0.717, 1.165) is 23.6 Å². The molecular weight excluding hydrogens is 295 g/mol. The molecule has 1 saturated heterocycles. The van der Waals surface area contributed by atoms with Crippen LogP contribution in [-0.4, -0.2) is 13.1 Å². The Kier molecular flexibility index (Phi) is 2.44. The number of rotatable bonds is 1. The van der Waals surface area contributed by atoms with Crippen molar-refractivity contribution in [1.29, 1.82) is 0 Å². The number of anilines is 1. The largest absolute Gasteiger partial charge is 0.416 e. The van der Waals surface area contributed by atoms with Crippen LogP contribution in [0.4, 0.5) is 18.9 Å². The zero-order chi connectivity index (χ0) is 12.2. The molecule has 1 saturated carbocycles. The molecule has 2 aliphatic rings. The van der Waals surface area contributed by atoms with Crippen LogP contribution in [0.2, 0.25) is 0 Å². The lowest BCUT2D eigenvalue weighted by Gasteiger charge is -2.22. The van der Waals surface area contributed by atoms with Gasteiger partial charge in [-0.25, -0.2) is 0 Å². The average Bonchev–Trinajstić information content (AvgIpc) is 2.85. The fourth-order valence-electron chi connectivity index (χ4n) is 2.53. The lowest BCUT2D eigenvalue weighted by atomic mass is 10.2. The normalized spacial score (nSPS) is 27.2. The molecule has 0 spiro atoms. The molecule has 1 heterocycles. The second kappa shape index (κ2) is 3.64. The van der Waals surface area contributed by atoms with Crippen LogP contribution in [0.3, 0.4) is 0 Å². The Morgan fingerprint density at radius 3 is 2.41 bits per heavy atom. The highest BCUT2D eigenvalue weighted by atomic mass is 79.9. The maximum Gasteiger partial charge on any atom is 0.416 e. The van der Waals surface area contributed by atoms with Crippen LogP contribution in [0.5, 0.6) is 0 Å². The molecule has 1 aliphatic carbocycles. The lowest BCUT2D eigenvalue weighted by Crippen LogP contribution is -2.22. The summed E-state index contributed by atoms with van der Waals surface area (Å²) in [6, 6.07) is 3.85. The van der Waals surface area contributed by atoms with Gasteiger partial charge in [0.05, 0.1) is 11.3 Å². The monoisotopic (exact) mass is 305 g/mol. The zero-order valence-corrected chi connectivity index (χ0v) is 10.6. The summed E-state index contributed by atoms with van der Waals surface area (Å²) in [7, 11) is 0. The quantitative estimate of drug-likeness (QED) is 0.760. The van der Waals surface area contributed by atoms with Gasteiger partial charge in [-0.05, 0) is 52.4 Å². The van der Waals surface area contributed by atoms with E-state index in [1.165, 1.54) is 18.6 Å². The molecule has 1 aliphatic heterocycles. The summed E-state index contributed by atoms with van der Waals surface area (Å²) in [5, 5.41) is 0. The molecule has 92 valence electrons. The van der Waals surface area contributed by atoms with Crippen molar-refractivity contribution in [3.05, 3.63) is 28.2 Å². The fourth-order valence-corrected chi connectivity index (χ4v) is 3.02. The summed E-state index contributed by atoms with van der Waals surface area (Å²) in [5.41, 5.74) is 0.100. The first-order chi connectivity index (χ1) is 7.95. The first-order valence-corrected chi connectivity index (χ1v) is 6.36. The predicted molar refractivity (Wildman–Crippen MR) is 63.0 cm³/mol. The van der Waals surface area contributed by atoms with Crippen molar-refractivity contribution in [2.45, 2.75) is 12.6 Å². The molecule has 0 N–H and O–H groups in total. The van der Waals surface area contributed by atoms with Crippen molar-refractivity contribution in [3.8, 4) is 0 Å². The molecule has 1 nitrogen and oxygen atoms in total. The topological polar surface area (TPSA) is 3.24 Å². The van der Waals surface area contributed by atoms with Crippen LogP contribution in [0, 0.1) is 11.8 Å². The SMILES string of the molecule is FC(F)(F)c1ccc(Br)c(N2CC3C[C@@H]3C2)c1. The first-order valence-electron chi connectivity index (χ1n) is 5.57. The van der Waals surface area contributed by atoms with E-state index in [4.69, 9.17) is 0 Å². The summed E-state index contributed by atoms with van der Waals surface area (Å²) in [6.45, 7) is 1.79. The van der Waals surface area contributed by atoms with Crippen molar-refractivity contribution in [2.24, 2.45) is 11.8 Å². The third kappa shape index (κ3) is 2.05. The molecule has 0 radical (unpaired) electrons. The van der Waals surface area contributed by atoms with Crippen molar-refractivity contribution in [3.63, 3.8) is 0 Å². The molecular formula is C12H11BrF3N. The molecule has 0 aromatic heterocycles. The third-order valence-electron chi connectivity index (χ3n) is 3.59. The fraction of sp³-hybridized carbons (Fsp3) is 0.500. The van der Waals surface area contributed by atoms with Gasteiger partial charge in [0.1, 0.15) is 0 Å². The second-order valence-electron chi connectivity index (χ2n) is 4.82. The van der Waals surface area contributed by atoms with Crippen LogP contribution < -0.4 is 4.90 Å². The molecule has 1 aromatic carbocycles. The highest BCUT2D eigenvalue weighted by Crippen LogP contribution is 2.48. The van der Waals surface area contributed by atoms with Crippen molar-refractivity contribution >= 4 is 21.6 Å². The average molecular weight is 306 g/mol. The molecule has 5 heteroatoms. The number of piperidine rings is 1. The van der Waals surface area contributed by atoms with E-state index in [1.54, 1.807) is 0 Å². The number of halogens is 4. The Labute approximate surface area is 106 Å². The van der Waals surface area contributed by atoms with Crippen LogP contribution in [0.25, 0.3) is 0 Å². The smallest absolute Gasteiger partial charge is 0.370 e. The molecule has 2 atom stereocenters. The van der Waals surface area contributed by atoms with Crippen LogP contribution in [0.15, 0.2) is 22.7 Å². The van der Waals surface area contributed by atoms with E-state index in [0.29, 0.717) is 17.5 Å². The van der Waals surface area contributed by atoms with Crippen molar-refractivity contribution < 1.29 is 13.2 Å². The minimum Gasteiger partial charge on any atom is -0.370 e. The molecule has 1 aromatic rings. The van der Waals surface area contributed by atoms with E-state index in [9.17, 15) is 13.2 Å². The van der Waals surface area contributed by atoms with Crippen molar-refractivity contribution in [1.82, 2.24) is 0 Å². The molecule has 0 amide bonds. The summed E-state index contributed by atoms with van der Waals surface area (Å²) in [6.07, 6.45) is -3.02. The van der Waals surface area contributed by atoms with E-state index in [-0.39, 0.29) is 0 Å². The first kappa shape index (κ1) is 11.4. The predicted octanol–water partition coefficient (Wildman–Crippen LogP) is 3.92. The Balaban J connectivity index is 1.92. The minimum atomic E-state index is -4.27. The van der Waals surface area contributed by atoms with E-state index < -0.39 is 11.7 Å².